The number of carbonyl (C=O) groups excluding carboxylic acids is 1. The molecule has 0 spiro atoms. The molecule has 1 N–H and O–H groups in total. The topological polar surface area (TPSA) is 72.7 Å². The lowest BCUT2D eigenvalue weighted by Gasteiger charge is -2.08. The summed E-state index contributed by atoms with van der Waals surface area (Å²) in [6, 6.07) is 9.40. The summed E-state index contributed by atoms with van der Waals surface area (Å²) in [5, 5.41) is 17.7. The molecule has 0 bridgehead atoms. The van der Waals surface area contributed by atoms with E-state index in [0.29, 0.717) is 22.4 Å². The number of thioether (sulfide) groups is 1. The molecule has 0 aliphatic rings. The number of hydrogen-bond acceptors (Lipinski definition) is 6. The van der Waals surface area contributed by atoms with Crippen LogP contribution in [0, 0.1) is 6.92 Å². The lowest BCUT2D eigenvalue weighted by Crippen LogP contribution is -2.15. The van der Waals surface area contributed by atoms with Crippen LogP contribution < -0.4 is 5.32 Å². The first-order valence-electron chi connectivity index (χ1n) is 7.09. The fourth-order valence-electron chi connectivity index (χ4n) is 1.99. The maximum absolute atomic E-state index is 12.1. The van der Waals surface area contributed by atoms with E-state index >= 15 is 0 Å². The van der Waals surface area contributed by atoms with Gasteiger partial charge in [-0.05, 0) is 46.5 Å². The molecule has 0 aliphatic heterocycles. The van der Waals surface area contributed by atoms with Crippen LogP contribution >= 0.6 is 34.7 Å². The highest BCUT2D eigenvalue weighted by molar-refractivity contribution is 7.99. The molecule has 1 amide bonds. The van der Waals surface area contributed by atoms with Gasteiger partial charge in [-0.15, -0.1) is 16.4 Å². The number of rotatable bonds is 6. The number of aryl methyl sites for hydroxylation is 1. The molecule has 2 heterocycles. The molecule has 124 valence electrons. The Morgan fingerprint density at radius 2 is 2.29 bits per heavy atom. The first-order chi connectivity index (χ1) is 11.6. The van der Waals surface area contributed by atoms with Gasteiger partial charge in [-0.3, -0.25) is 4.79 Å². The highest BCUT2D eigenvalue weighted by Crippen LogP contribution is 2.21. The predicted molar refractivity (Wildman–Crippen MR) is 96.8 cm³/mol. The summed E-state index contributed by atoms with van der Waals surface area (Å²) in [5.41, 5.74) is 1.67. The Morgan fingerprint density at radius 1 is 1.42 bits per heavy atom. The Morgan fingerprint density at radius 3 is 3.08 bits per heavy atom. The third kappa shape index (κ3) is 4.34. The van der Waals surface area contributed by atoms with Crippen LogP contribution in [0.2, 0.25) is 5.02 Å². The van der Waals surface area contributed by atoms with E-state index in [4.69, 9.17) is 11.6 Å². The van der Waals surface area contributed by atoms with E-state index in [2.05, 4.69) is 20.8 Å². The number of amides is 1. The number of nitrogens with one attached hydrogen (secondary N) is 1. The molecule has 0 aliphatic carbocycles. The molecular formula is C15H14ClN5OS2. The van der Waals surface area contributed by atoms with Gasteiger partial charge in [0.2, 0.25) is 11.1 Å². The van der Waals surface area contributed by atoms with E-state index < -0.39 is 0 Å². The van der Waals surface area contributed by atoms with Gasteiger partial charge in [0.1, 0.15) is 0 Å². The molecule has 0 fully saturated rings. The van der Waals surface area contributed by atoms with Crippen molar-refractivity contribution in [3.8, 4) is 0 Å². The predicted octanol–water partition coefficient (Wildman–Crippen LogP) is 3.48. The number of hydrogen-bond donors (Lipinski definition) is 1. The maximum Gasteiger partial charge on any atom is 0.234 e. The van der Waals surface area contributed by atoms with Crippen LogP contribution in [0.4, 0.5) is 5.69 Å². The van der Waals surface area contributed by atoms with Gasteiger partial charge in [0.25, 0.3) is 0 Å². The Balaban J connectivity index is 1.59. The number of anilines is 1. The molecule has 0 saturated heterocycles. The van der Waals surface area contributed by atoms with Crippen LogP contribution in [0.1, 0.15) is 10.4 Å². The van der Waals surface area contributed by atoms with Gasteiger partial charge in [0.05, 0.1) is 12.3 Å². The van der Waals surface area contributed by atoms with Crippen LogP contribution in [0.25, 0.3) is 0 Å². The van der Waals surface area contributed by atoms with E-state index in [0.717, 1.165) is 10.4 Å². The summed E-state index contributed by atoms with van der Waals surface area (Å²) in [5.74, 6) is 0.0903. The largest absolute Gasteiger partial charge is 0.325 e. The number of benzene rings is 1. The van der Waals surface area contributed by atoms with Crippen molar-refractivity contribution in [2.45, 2.75) is 18.6 Å². The minimum atomic E-state index is -0.129. The molecule has 0 saturated carbocycles. The van der Waals surface area contributed by atoms with E-state index in [9.17, 15) is 4.79 Å². The highest BCUT2D eigenvalue weighted by atomic mass is 35.5. The summed E-state index contributed by atoms with van der Waals surface area (Å²) < 4.78 is 1.69. The zero-order valence-electron chi connectivity index (χ0n) is 12.8. The number of carbonyl (C=O) groups is 1. The monoisotopic (exact) mass is 379 g/mol. The van der Waals surface area contributed by atoms with Crippen LogP contribution in [0.5, 0.6) is 0 Å². The molecule has 0 radical (unpaired) electrons. The second-order valence-corrected chi connectivity index (χ2v) is 7.41. The first-order valence-corrected chi connectivity index (χ1v) is 9.33. The van der Waals surface area contributed by atoms with E-state index in [1.807, 2.05) is 30.5 Å². The van der Waals surface area contributed by atoms with Crippen LogP contribution in [0.3, 0.4) is 0 Å². The lowest BCUT2D eigenvalue weighted by molar-refractivity contribution is -0.113. The van der Waals surface area contributed by atoms with Crippen molar-refractivity contribution in [3.05, 3.63) is 51.2 Å². The van der Waals surface area contributed by atoms with Crippen molar-refractivity contribution in [2.75, 3.05) is 11.1 Å². The van der Waals surface area contributed by atoms with Crippen LogP contribution in [0.15, 0.2) is 40.9 Å². The van der Waals surface area contributed by atoms with Gasteiger partial charge in [0, 0.05) is 15.6 Å². The molecule has 0 unspecified atom stereocenters. The van der Waals surface area contributed by atoms with Crippen molar-refractivity contribution in [2.24, 2.45) is 0 Å². The van der Waals surface area contributed by atoms with E-state index in [1.165, 1.54) is 11.8 Å². The fraction of sp³-hybridized carbons (Fsp3) is 0.200. The Labute approximate surface area is 152 Å². The summed E-state index contributed by atoms with van der Waals surface area (Å²) in [7, 11) is 0. The standard InChI is InChI=1S/C15H14ClN5OS2/c1-10-4-5-11(16)7-13(10)17-14(22)9-24-15-18-19-20-21(15)8-12-3-2-6-23-12/h2-7H,8-9H2,1H3,(H,17,22). The zero-order valence-corrected chi connectivity index (χ0v) is 15.2. The van der Waals surface area contributed by atoms with E-state index in [1.54, 1.807) is 28.2 Å². The van der Waals surface area contributed by atoms with Crippen molar-refractivity contribution < 1.29 is 4.79 Å². The second kappa shape index (κ2) is 7.78. The van der Waals surface area contributed by atoms with Gasteiger partial charge in [-0.2, -0.15) is 0 Å². The molecule has 24 heavy (non-hydrogen) atoms. The van der Waals surface area contributed by atoms with Crippen molar-refractivity contribution >= 4 is 46.3 Å². The van der Waals surface area contributed by atoms with Gasteiger partial charge in [0.15, 0.2) is 0 Å². The molecule has 0 atom stereocenters. The highest BCUT2D eigenvalue weighted by Gasteiger charge is 2.12. The number of tetrazole rings is 1. The summed E-state index contributed by atoms with van der Waals surface area (Å²) in [6.07, 6.45) is 0. The third-order valence-electron chi connectivity index (χ3n) is 3.19. The Kier molecular flexibility index (Phi) is 5.49. The van der Waals surface area contributed by atoms with Gasteiger partial charge in [-0.25, -0.2) is 4.68 Å². The van der Waals surface area contributed by atoms with Crippen LogP contribution in [-0.4, -0.2) is 31.9 Å². The SMILES string of the molecule is Cc1ccc(Cl)cc1NC(=O)CSc1nnnn1Cc1cccs1. The van der Waals surface area contributed by atoms with Crippen molar-refractivity contribution in [1.29, 1.82) is 0 Å². The van der Waals surface area contributed by atoms with Gasteiger partial charge in [-0.1, -0.05) is 35.5 Å². The molecule has 2 aromatic heterocycles. The number of halogens is 1. The number of aromatic nitrogens is 4. The fourth-order valence-corrected chi connectivity index (χ4v) is 3.53. The van der Waals surface area contributed by atoms with Gasteiger partial charge < -0.3 is 5.32 Å². The maximum atomic E-state index is 12.1. The minimum Gasteiger partial charge on any atom is -0.325 e. The quantitative estimate of drug-likeness (QED) is 0.664. The average Bonchev–Trinajstić information content (AvgIpc) is 3.21. The Hall–Kier alpha value is -1.90. The summed E-state index contributed by atoms with van der Waals surface area (Å²) in [4.78, 5) is 13.3. The second-order valence-electron chi connectivity index (χ2n) is 4.99. The summed E-state index contributed by atoms with van der Waals surface area (Å²) in [6.45, 7) is 2.52. The molecule has 3 rings (SSSR count). The first kappa shape index (κ1) is 16.9. The molecule has 3 aromatic rings. The van der Waals surface area contributed by atoms with Crippen molar-refractivity contribution in [1.82, 2.24) is 20.2 Å². The number of thiophene rings is 1. The van der Waals surface area contributed by atoms with Gasteiger partial charge >= 0.3 is 0 Å². The van der Waals surface area contributed by atoms with Crippen LogP contribution in [-0.2, 0) is 11.3 Å². The lowest BCUT2D eigenvalue weighted by atomic mass is 10.2. The molecule has 1 aromatic carbocycles. The summed E-state index contributed by atoms with van der Waals surface area (Å²) >= 11 is 8.90. The van der Waals surface area contributed by atoms with E-state index in [-0.39, 0.29) is 11.7 Å². The average molecular weight is 380 g/mol. The molecular weight excluding hydrogens is 366 g/mol. The molecule has 9 heteroatoms. The molecule has 6 nitrogen and oxygen atoms in total. The normalized spacial score (nSPS) is 10.8. The van der Waals surface area contributed by atoms with Crippen molar-refractivity contribution in [3.63, 3.8) is 0 Å². The Bertz CT molecular complexity index is 834. The zero-order chi connectivity index (χ0) is 16.9. The minimum absolute atomic E-state index is 0.129. The smallest absolute Gasteiger partial charge is 0.234 e. The number of nitrogens with zero attached hydrogens (tertiary/aromatic N) is 4. The third-order valence-corrected chi connectivity index (χ3v) is 5.24.